The van der Waals surface area contributed by atoms with Crippen molar-refractivity contribution < 1.29 is 0 Å². The Morgan fingerprint density at radius 3 is 3.00 bits per heavy atom. The molecule has 1 N–H and O–H groups in total. The summed E-state index contributed by atoms with van der Waals surface area (Å²) in [6, 6.07) is 1.62. The van der Waals surface area contributed by atoms with Crippen LogP contribution in [0.3, 0.4) is 0 Å². The summed E-state index contributed by atoms with van der Waals surface area (Å²) in [6.45, 7) is 0. The van der Waals surface area contributed by atoms with Crippen LogP contribution in [0, 0.1) is 3.57 Å². The Morgan fingerprint density at radius 1 is 1.73 bits per heavy atom. The molecular formula is C7H8INOS. The molecule has 0 fully saturated rings. The van der Waals surface area contributed by atoms with E-state index in [9.17, 15) is 4.79 Å². The minimum absolute atomic E-state index is 0.0285. The van der Waals surface area contributed by atoms with Crippen LogP contribution in [0.1, 0.15) is 5.56 Å². The summed E-state index contributed by atoms with van der Waals surface area (Å²) >= 11 is 3.92. The third kappa shape index (κ3) is 2.52. The molecule has 0 atom stereocenters. The van der Waals surface area contributed by atoms with E-state index in [4.69, 9.17) is 0 Å². The lowest BCUT2D eigenvalue weighted by molar-refractivity contribution is 1.17. The number of aromatic nitrogens is 1. The summed E-state index contributed by atoms with van der Waals surface area (Å²) in [4.78, 5) is 13.4. The van der Waals surface area contributed by atoms with E-state index in [2.05, 4.69) is 27.6 Å². The molecule has 1 aromatic rings. The van der Waals surface area contributed by atoms with E-state index >= 15 is 0 Å². The van der Waals surface area contributed by atoms with Gasteiger partial charge in [0.1, 0.15) is 0 Å². The number of aromatic amines is 1. The molecule has 0 aromatic carbocycles. The summed E-state index contributed by atoms with van der Waals surface area (Å²) in [5.41, 5.74) is 1.16. The molecule has 11 heavy (non-hydrogen) atoms. The molecule has 0 saturated carbocycles. The Morgan fingerprint density at radius 2 is 2.45 bits per heavy atom. The van der Waals surface area contributed by atoms with E-state index in [-0.39, 0.29) is 5.56 Å². The van der Waals surface area contributed by atoms with E-state index in [1.807, 2.05) is 6.26 Å². The van der Waals surface area contributed by atoms with Crippen LogP contribution >= 0.6 is 34.4 Å². The molecule has 0 unspecified atom stereocenters. The van der Waals surface area contributed by atoms with E-state index in [0.29, 0.717) is 0 Å². The van der Waals surface area contributed by atoms with Crippen LogP contribution in [-0.2, 0) is 5.75 Å². The van der Waals surface area contributed by atoms with Gasteiger partial charge in [-0.05, 0) is 34.4 Å². The normalized spacial score (nSPS) is 10.0. The fourth-order valence-electron chi connectivity index (χ4n) is 0.743. The summed E-state index contributed by atoms with van der Waals surface area (Å²) in [5, 5.41) is 0. The zero-order valence-corrected chi connectivity index (χ0v) is 9.03. The largest absolute Gasteiger partial charge is 0.329 e. The fraction of sp³-hybridized carbons (Fsp3) is 0.286. The highest BCUT2D eigenvalue weighted by Gasteiger charge is 1.97. The minimum atomic E-state index is -0.0285. The van der Waals surface area contributed by atoms with Crippen molar-refractivity contribution in [2.45, 2.75) is 5.75 Å². The Balaban J connectivity index is 2.99. The monoisotopic (exact) mass is 281 g/mol. The van der Waals surface area contributed by atoms with Crippen molar-refractivity contribution >= 4 is 34.4 Å². The van der Waals surface area contributed by atoms with Crippen molar-refractivity contribution in [1.82, 2.24) is 4.98 Å². The Bertz CT molecular complexity index is 297. The predicted molar refractivity (Wildman–Crippen MR) is 57.0 cm³/mol. The molecule has 2 nitrogen and oxygen atoms in total. The smallest absolute Gasteiger partial charge is 0.248 e. The van der Waals surface area contributed by atoms with Crippen molar-refractivity contribution in [3.63, 3.8) is 0 Å². The molecule has 0 radical (unpaired) electrons. The third-order valence-electron chi connectivity index (χ3n) is 1.25. The zero-order valence-electron chi connectivity index (χ0n) is 6.06. The number of hydrogen-bond donors (Lipinski definition) is 1. The third-order valence-corrected chi connectivity index (χ3v) is 2.86. The highest BCUT2D eigenvalue weighted by atomic mass is 127. The highest BCUT2D eigenvalue weighted by Crippen LogP contribution is 2.13. The van der Waals surface area contributed by atoms with Gasteiger partial charge in [-0.1, -0.05) is 0 Å². The molecule has 1 aromatic heterocycles. The zero-order chi connectivity index (χ0) is 8.27. The van der Waals surface area contributed by atoms with Gasteiger partial charge in [0.2, 0.25) is 5.56 Å². The molecule has 0 spiro atoms. The van der Waals surface area contributed by atoms with Crippen molar-refractivity contribution in [1.29, 1.82) is 0 Å². The van der Waals surface area contributed by atoms with Gasteiger partial charge in [-0.3, -0.25) is 4.79 Å². The first kappa shape index (κ1) is 9.12. The number of thioether (sulfide) groups is 1. The van der Waals surface area contributed by atoms with E-state index in [1.165, 1.54) is 5.56 Å². The van der Waals surface area contributed by atoms with Gasteiger partial charge in [-0.2, -0.15) is 11.8 Å². The predicted octanol–water partition coefficient (Wildman–Crippen LogP) is 1.84. The van der Waals surface area contributed by atoms with Crippen LogP contribution in [-0.4, -0.2) is 11.2 Å². The number of H-pyrrole nitrogens is 1. The van der Waals surface area contributed by atoms with Crippen LogP contribution in [0.5, 0.6) is 0 Å². The average Bonchev–Trinajstić information content (AvgIpc) is 1.95. The molecule has 0 aliphatic heterocycles. The maximum atomic E-state index is 10.8. The summed E-state index contributed by atoms with van der Waals surface area (Å²) < 4.78 is 1.04. The second-order valence-electron chi connectivity index (χ2n) is 2.10. The van der Waals surface area contributed by atoms with Crippen LogP contribution in [0.2, 0.25) is 0 Å². The van der Waals surface area contributed by atoms with Crippen molar-refractivity contribution in [2.75, 3.05) is 6.26 Å². The van der Waals surface area contributed by atoms with E-state index < -0.39 is 0 Å². The van der Waals surface area contributed by atoms with Gasteiger partial charge in [-0.25, -0.2) is 0 Å². The summed E-state index contributed by atoms with van der Waals surface area (Å²) in [6.07, 6.45) is 3.82. The Kier molecular flexibility index (Phi) is 3.45. The van der Waals surface area contributed by atoms with Crippen molar-refractivity contribution in [3.05, 3.63) is 31.8 Å². The molecular weight excluding hydrogens is 273 g/mol. The molecule has 1 heterocycles. The number of pyridine rings is 1. The first-order valence-corrected chi connectivity index (χ1v) is 5.57. The van der Waals surface area contributed by atoms with Gasteiger partial charge in [0, 0.05) is 21.6 Å². The maximum absolute atomic E-state index is 10.8. The highest BCUT2D eigenvalue weighted by molar-refractivity contribution is 14.1. The summed E-state index contributed by atoms with van der Waals surface area (Å²) in [5.74, 6) is 0.953. The standard InChI is InChI=1S/C7H8INOS/c1-11-4-5-3-9-7(10)2-6(5)8/h2-3H,4H2,1H3,(H,9,10). The van der Waals surface area contributed by atoms with Crippen LogP contribution < -0.4 is 5.56 Å². The number of rotatable bonds is 2. The van der Waals surface area contributed by atoms with Gasteiger partial charge in [0.15, 0.2) is 0 Å². The lowest BCUT2D eigenvalue weighted by atomic mass is 10.3. The first-order chi connectivity index (χ1) is 5.24. The lowest BCUT2D eigenvalue weighted by Crippen LogP contribution is -2.05. The second-order valence-corrected chi connectivity index (χ2v) is 4.13. The number of halogens is 1. The number of hydrogen-bond acceptors (Lipinski definition) is 2. The SMILES string of the molecule is CSCc1c[nH]c(=O)cc1I. The summed E-state index contributed by atoms with van der Waals surface area (Å²) in [7, 11) is 0. The van der Waals surface area contributed by atoms with Crippen LogP contribution in [0.4, 0.5) is 0 Å². The second kappa shape index (κ2) is 4.15. The van der Waals surface area contributed by atoms with Gasteiger partial charge >= 0.3 is 0 Å². The molecule has 0 aliphatic rings. The molecule has 1 rings (SSSR count). The molecule has 60 valence electrons. The molecule has 0 saturated heterocycles. The van der Waals surface area contributed by atoms with Gasteiger partial charge in [0.05, 0.1) is 0 Å². The topological polar surface area (TPSA) is 32.9 Å². The van der Waals surface area contributed by atoms with Crippen molar-refractivity contribution in [3.8, 4) is 0 Å². The maximum Gasteiger partial charge on any atom is 0.248 e. The minimum Gasteiger partial charge on any atom is -0.329 e. The fourth-order valence-corrected chi connectivity index (χ4v) is 2.18. The van der Waals surface area contributed by atoms with Crippen LogP contribution in [0.25, 0.3) is 0 Å². The Labute approximate surface area is 82.9 Å². The average molecular weight is 281 g/mol. The molecule has 0 aliphatic carbocycles. The van der Waals surface area contributed by atoms with Gasteiger partial charge < -0.3 is 4.98 Å². The quantitative estimate of drug-likeness (QED) is 0.839. The van der Waals surface area contributed by atoms with Gasteiger partial charge in [0.25, 0.3) is 0 Å². The lowest BCUT2D eigenvalue weighted by Gasteiger charge is -1.99. The van der Waals surface area contributed by atoms with Gasteiger partial charge in [-0.15, -0.1) is 0 Å². The molecule has 0 amide bonds. The molecule has 4 heteroatoms. The van der Waals surface area contributed by atoms with Crippen LogP contribution in [0.15, 0.2) is 17.1 Å². The Hall–Kier alpha value is 0.0300. The van der Waals surface area contributed by atoms with Crippen molar-refractivity contribution in [2.24, 2.45) is 0 Å². The first-order valence-electron chi connectivity index (χ1n) is 3.10. The molecule has 0 bridgehead atoms. The van der Waals surface area contributed by atoms with E-state index in [0.717, 1.165) is 9.32 Å². The number of nitrogens with one attached hydrogen (secondary N) is 1. The van der Waals surface area contributed by atoms with E-state index in [1.54, 1.807) is 24.0 Å².